The molecular formula is C9H13NO2S. The van der Waals surface area contributed by atoms with Crippen molar-refractivity contribution in [2.24, 2.45) is 5.73 Å². The van der Waals surface area contributed by atoms with Crippen LogP contribution in [-0.4, -0.2) is 8.76 Å². The van der Waals surface area contributed by atoms with Crippen molar-refractivity contribution >= 4 is 11.1 Å². The highest BCUT2D eigenvalue weighted by Crippen LogP contribution is 2.17. The molecule has 0 bridgehead atoms. The number of benzene rings is 1. The van der Waals surface area contributed by atoms with Crippen LogP contribution in [0.1, 0.15) is 23.3 Å². The third kappa shape index (κ3) is 2.62. The highest BCUT2D eigenvalue weighted by Gasteiger charge is 2.10. The van der Waals surface area contributed by atoms with E-state index in [-0.39, 0.29) is 5.25 Å². The van der Waals surface area contributed by atoms with Crippen molar-refractivity contribution in [3.8, 4) is 0 Å². The van der Waals surface area contributed by atoms with Gasteiger partial charge in [-0.15, -0.1) is 0 Å². The molecule has 0 spiro atoms. The van der Waals surface area contributed by atoms with Crippen molar-refractivity contribution in [1.29, 1.82) is 0 Å². The third-order valence-corrected chi connectivity index (χ3v) is 2.86. The molecule has 0 aliphatic rings. The minimum Gasteiger partial charge on any atom is -0.326 e. The molecule has 3 nitrogen and oxygen atoms in total. The van der Waals surface area contributed by atoms with Crippen LogP contribution < -0.4 is 5.73 Å². The number of rotatable bonds is 3. The smallest absolute Gasteiger partial charge is 0.160 e. The molecule has 1 aromatic rings. The van der Waals surface area contributed by atoms with Crippen molar-refractivity contribution in [1.82, 2.24) is 0 Å². The summed E-state index contributed by atoms with van der Waals surface area (Å²) in [7, 11) is 0. The number of hydrogen-bond donors (Lipinski definition) is 2. The van der Waals surface area contributed by atoms with Crippen LogP contribution in [-0.2, 0) is 17.6 Å². The average Bonchev–Trinajstić information content (AvgIpc) is 2.17. The van der Waals surface area contributed by atoms with Gasteiger partial charge in [0.25, 0.3) is 0 Å². The molecule has 3 N–H and O–H groups in total. The summed E-state index contributed by atoms with van der Waals surface area (Å²) in [6, 6.07) is 7.42. The van der Waals surface area contributed by atoms with Gasteiger partial charge in [-0.1, -0.05) is 24.3 Å². The molecule has 2 unspecified atom stereocenters. The molecule has 0 aliphatic carbocycles. The molecular weight excluding hydrogens is 186 g/mol. The van der Waals surface area contributed by atoms with E-state index in [2.05, 4.69) is 0 Å². The molecule has 0 amide bonds. The summed E-state index contributed by atoms with van der Waals surface area (Å²) in [5, 5.41) is -0.341. The highest BCUT2D eigenvalue weighted by atomic mass is 32.2. The molecule has 0 heterocycles. The molecule has 0 saturated carbocycles. The van der Waals surface area contributed by atoms with Crippen molar-refractivity contribution < 1.29 is 8.76 Å². The fourth-order valence-corrected chi connectivity index (χ4v) is 1.43. The zero-order valence-corrected chi connectivity index (χ0v) is 8.25. The van der Waals surface area contributed by atoms with E-state index in [1.54, 1.807) is 6.92 Å². The van der Waals surface area contributed by atoms with E-state index in [1.165, 1.54) is 0 Å². The van der Waals surface area contributed by atoms with Crippen LogP contribution in [0.4, 0.5) is 0 Å². The Morgan fingerprint density at radius 2 is 2.00 bits per heavy atom. The minimum atomic E-state index is -1.80. The highest BCUT2D eigenvalue weighted by molar-refractivity contribution is 7.79. The molecule has 2 atom stereocenters. The SMILES string of the molecule is CC(c1ccc(CN)cc1)S(=O)O. The van der Waals surface area contributed by atoms with Gasteiger partial charge < -0.3 is 10.3 Å². The predicted molar refractivity (Wildman–Crippen MR) is 53.5 cm³/mol. The topological polar surface area (TPSA) is 63.3 Å². The second kappa shape index (κ2) is 4.50. The number of hydrogen-bond acceptors (Lipinski definition) is 2. The van der Waals surface area contributed by atoms with Crippen molar-refractivity contribution in [2.75, 3.05) is 0 Å². The zero-order chi connectivity index (χ0) is 9.84. The molecule has 72 valence electrons. The quantitative estimate of drug-likeness (QED) is 0.724. The van der Waals surface area contributed by atoms with Crippen LogP contribution >= 0.6 is 0 Å². The first kappa shape index (κ1) is 10.4. The normalized spacial score (nSPS) is 15.3. The Morgan fingerprint density at radius 3 is 2.38 bits per heavy atom. The second-order valence-electron chi connectivity index (χ2n) is 2.86. The molecule has 0 aromatic heterocycles. The Bertz CT molecular complexity index is 297. The van der Waals surface area contributed by atoms with Gasteiger partial charge >= 0.3 is 0 Å². The third-order valence-electron chi connectivity index (χ3n) is 1.99. The molecule has 1 aromatic carbocycles. The summed E-state index contributed by atoms with van der Waals surface area (Å²) < 4.78 is 19.6. The standard InChI is InChI=1S/C9H13NO2S/c1-7(13(11)12)9-4-2-8(6-10)3-5-9/h2-5,7H,6,10H2,1H3,(H,11,12). The van der Waals surface area contributed by atoms with Crippen LogP contribution in [0.15, 0.2) is 24.3 Å². The zero-order valence-electron chi connectivity index (χ0n) is 7.43. The van der Waals surface area contributed by atoms with Crippen molar-refractivity contribution in [2.45, 2.75) is 18.7 Å². The van der Waals surface area contributed by atoms with Gasteiger partial charge in [0.15, 0.2) is 11.1 Å². The van der Waals surface area contributed by atoms with Gasteiger partial charge in [0, 0.05) is 6.54 Å². The van der Waals surface area contributed by atoms with Crippen molar-refractivity contribution in [3.63, 3.8) is 0 Å². The number of nitrogens with two attached hydrogens (primary N) is 1. The lowest BCUT2D eigenvalue weighted by Gasteiger charge is -2.07. The summed E-state index contributed by atoms with van der Waals surface area (Å²) in [5.74, 6) is 0. The maximum absolute atomic E-state index is 10.7. The van der Waals surface area contributed by atoms with E-state index in [9.17, 15) is 4.21 Å². The van der Waals surface area contributed by atoms with Crippen LogP contribution in [0.2, 0.25) is 0 Å². The van der Waals surface area contributed by atoms with E-state index in [1.807, 2.05) is 24.3 Å². The average molecular weight is 199 g/mol. The molecule has 13 heavy (non-hydrogen) atoms. The summed E-state index contributed by atoms with van der Waals surface area (Å²) in [6.45, 7) is 2.21. The Labute approximate surface area is 80.2 Å². The molecule has 0 radical (unpaired) electrons. The summed E-state index contributed by atoms with van der Waals surface area (Å²) in [6.07, 6.45) is 0. The van der Waals surface area contributed by atoms with Gasteiger partial charge in [-0.3, -0.25) is 0 Å². The fourth-order valence-electron chi connectivity index (χ4n) is 1.04. The first-order chi connectivity index (χ1) is 6.15. The van der Waals surface area contributed by atoms with E-state index in [4.69, 9.17) is 10.3 Å². The van der Waals surface area contributed by atoms with E-state index in [0.717, 1.165) is 11.1 Å². The van der Waals surface area contributed by atoms with E-state index < -0.39 is 11.1 Å². The van der Waals surface area contributed by atoms with E-state index in [0.29, 0.717) is 6.54 Å². The molecule has 1 rings (SSSR count). The van der Waals surface area contributed by atoms with E-state index >= 15 is 0 Å². The lowest BCUT2D eigenvalue weighted by atomic mass is 10.1. The van der Waals surface area contributed by atoms with Crippen LogP contribution in [0.25, 0.3) is 0 Å². The van der Waals surface area contributed by atoms with Gasteiger partial charge in [-0.2, -0.15) is 0 Å². The van der Waals surface area contributed by atoms with Gasteiger partial charge in [0.1, 0.15) is 0 Å². The lowest BCUT2D eigenvalue weighted by Crippen LogP contribution is -2.02. The van der Waals surface area contributed by atoms with Crippen LogP contribution in [0.3, 0.4) is 0 Å². The second-order valence-corrected chi connectivity index (χ2v) is 4.12. The minimum absolute atomic E-state index is 0.341. The molecule has 0 fully saturated rings. The molecule has 4 heteroatoms. The predicted octanol–water partition coefficient (Wildman–Crippen LogP) is 1.43. The summed E-state index contributed by atoms with van der Waals surface area (Å²) in [5.41, 5.74) is 7.31. The first-order valence-electron chi connectivity index (χ1n) is 4.03. The van der Waals surface area contributed by atoms with Gasteiger partial charge in [0.2, 0.25) is 0 Å². The molecule has 0 saturated heterocycles. The maximum Gasteiger partial charge on any atom is 0.160 e. The Balaban J connectivity index is 2.85. The Kier molecular flexibility index (Phi) is 3.59. The maximum atomic E-state index is 10.7. The fraction of sp³-hybridized carbons (Fsp3) is 0.333. The van der Waals surface area contributed by atoms with Crippen LogP contribution in [0.5, 0.6) is 0 Å². The summed E-state index contributed by atoms with van der Waals surface area (Å²) >= 11 is -1.80. The Hall–Kier alpha value is -0.710. The van der Waals surface area contributed by atoms with Gasteiger partial charge in [-0.05, 0) is 18.1 Å². The lowest BCUT2D eigenvalue weighted by molar-refractivity contribution is 0.554. The monoisotopic (exact) mass is 199 g/mol. The molecule has 0 aliphatic heterocycles. The van der Waals surface area contributed by atoms with Crippen molar-refractivity contribution in [3.05, 3.63) is 35.4 Å². The van der Waals surface area contributed by atoms with Crippen LogP contribution in [0, 0.1) is 0 Å². The van der Waals surface area contributed by atoms with Gasteiger partial charge in [0.05, 0.1) is 5.25 Å². The van der Waals surface area contributed by atoms with Gasteiger partial charge in [-0.25, -0.2) is 4.21 Å². The first-order valence-corrected chi connectivity index (χ1v) is 5.20. The summed E-state index contributed by atoms with van der Waals surface area (Å²) in [4.78, 5) is 0. The largest absolute Gasteiger partial charge is 0.326 e. The Morgan fingerprint density at radius 1 is 1.46 bits per heavy atom.